The van der Waals surface area contributed by atoms with Gasteiger partial charge in [0.1, 0.15) is 0 Å². The first kappa shape index (κ1) is 11.0. The molecule has 1 heterocycles. The van der Waals surface area contributed by atoms with Crippen molar-refractivity contribution >= 4 is 0 Å². The molecule has 0 radical (unpaired) electrons. The molecule has 4 bridgehead atoms. The zero-order chi connectivity index (χ0) is 12.3. The van der Waals surface area contributed by atoms with Gasteiger partial charge in [0.05, 0.1) is 5.54 Å². The van der Waals surface area contributed by atoms with Crippen LogP contribution in [0.15, 0.2) is 10.9 Å². The quantitative estimate of drug-likeness (QED) is 0.871. The second kappa shape index (κ2) is 3.56. The fraction of sp³-hybridized carbons (Fsp3) is 0.857. The van der Waals surface area contributed by atoms with E-state index in [2.05, 4.69) is 17.1 Å². The average Bonchev–Trinajstić information content (AvgIpc) is 2.80. The third kappa shape index (κ3) is 1.41. The highest BCUT2D eigenvalue weighted by Gasteiger charge is 2.55. The molecule has 4 aliphatic rings. The van der Waals surface area contributed by atoms with E-state index < -0.39 is 5.54 Å². The highest BCUT2D eigenvalue weighted by Crippen LogP contribution is 2.59. The molecule has 0 amide bonds. The number of hydrogen-bond acceptors (Lipinski definition) is 4. The maximum Gasteiger partial charge on any atom is 0.246 e. The Morgan fingerprint density at radius 1 is 1.17 bits per heavy atom. The molecule has 1 aromatic rings. The van der Waals surface area contributed by atoms with E-state index in [4.69, 9.17) is 10.3 Å². The predicted octanol–water partition coefficient (Wildman–Crippen LogP) is 2.32. The number of aromatic nitrogens is 2. The minimum absolute atomic E-state index is 0.445. The molecule has 0 aromatic carbocycles. The smallest absolute Gasteiger partial charge is 0.246 e. The van der Waals surface area contributed by atoms with E-state index in [0.717, 1.165) is 23.7 Å². The number of hydrogen-bond donors (Lipinski definition) is 1. The number of rotatable bonds is 2. The van der Waals surface area contributed by atoms with Crippen molar-refractivity contribution in [1.82, 2.24) is 10.1 Å². The third-order valence-electron chi connectivity index (χ3n) is 5.74. The van der Waals surface area contributed by atoms with Crippen LogP contribution in [0.2, 0.25) is 0 Å². The minimum Gasteiger partial charge on any atom is -0.338 e. The molecule has 0 saturated heterocycles. The topological polar surface area (TPSA) is 64.9 Å². The molecule has 4 saturated carbocycles. The van der Waals surface area contributed by atoms with Crippen molar-refractivity contribution in [2.75, 3.05) is 0 Å². The van der Waals surface area contributed by atoms with E-state index in [0.29, 0.717) is 11.8 Å². The summed E-state index contributed by atoms with van der Waals surface area (Å²) in [6.07, 6.45) is 8.44. The van der Waals surface area contributed by atoms with E-state index in [1.807, 2.05) is 0 Å². The van der Waals surface area contributed by atoms with Crippen molar-refractivity contribution in [3.63, 3.8) is 0 Å². The molecule has 2 N–H and O–H groups in total. The number of nitrogens with zero attached hydrogens (tertiary/aromatic N) is 2. The van der Waals surface area contributed by atoms with Gasteiger partial charge in [0.2, 0.25) is 5.89 Å². The van der Waals surface area contributed by atoms with Gasteiger partial charge >= 0.3 is 0 Å². The molecule has 98 valence electrons. The van der Waals surface area contributed by atoms with Gasteiger partial charge in [0, 0.05) is 0 Å². The Morgan fingerprint density at radius 3 is 2.28 bits per heavy atom. The van der Waals surface area contributed by atoms with Gasteiger partial charge in [-0.3, -0.25) is 0 Å². The lowest BCUT2D eigenvalue weighted by Crippen LogP contribution is -2.56. The molecule has 1 atom stereocenters. The van der Waals surface area contributed by atoms with Crippen molar-refractivity contribution in [2.24, 2.45) is 35.3 Å². The summed E-state index contributed by atoms with van der Waals surface area (Å²) in [6.45, 7) is 2.09. The SMILES string of the molecule is CC(N)(c1ncno1)C1C2CC3CC(C2)CC1C3. The van der Waals surface area contributed by atoms with Crippen LogP contribution in [0.1, 0.15) is 44.9 Å². The van der Waals surface area contributed by atoms with Gasteiger partial charge in [0.15, 0.2) is 6.33 Å². The van der Waals surface area contributed by atoms with Crippen LogP contribution in [0.5, 0.6) is 0 Å². The summed E-state index contributed by atoms with van der Waals surface area (Å²) in [7, 11) is 0. The lowest BCUT2D eigenvalue weighted by molar-refractivity contribution is -0.0735. The lowest BCUT2D eigenvalue weighted by Gasteiger charge is -2.57. The van der Waals surface area contributed by atoms with Crippen LogP contribution < -0.4 is 5.73 Å². The molecule has 18 heavy (non-hydrogen) atoms. The first-order valence-corrected chi connectivity index (χ1v) is 7.20. The Morgan fingerprint density at radius 2 is 1.78 bits per heavy atom. The summed E-state index contributed by atoms with van der Waals surface area (Å²) in [5.74, 6) is 4.67. The van der Waals surface area contributed by atoms with Gasteiger partial charge in [0.25, 0.3) is 0 Å². The zero-order valence-electron chi connectivity index (χ0n) is 10.9. The molecule has 0 spiro atoms. The molecule has 4 nitrogen and oxygen atoms in total. The molecule has 5 rings (SSSR count). The minimum atomic E-state index is -0.445. The standard InChI is InChI=1S/C14H21N3O/c1-14(15,13-16-7-17-18-13)12-10-3-8-2-9(5-10)6-11(12)4-8/h7-12H,2-6,15H2,1H3. The van der Waals surface area contributed by atoms with Crippen molar-refractivity contribution in [3.05, 3.63) is 12.2 Å². The van der Waals surface area contributed by atoms with Crippen LogP contribution in [-0.2, 0) is 5.54 Å². The van der Waals surface area contributed by atoms with E-state index in [9.17, 15) is 0 Å². The maximum absolute atomic E-state index is 6.61. The Bertz CT molecular complexity index is 412. The van der Waals surface area contributed by atoms with Crippen molar-refractivity contribution in [3.8, 4) is 0 Å². The largest absolute Gasteiger partial charge is 0.338 e. The highest BCUT2D eigenvalue weighted by atomic mass is 16.5. The van der Waals surface area contributed by atoms with Crippen LogP contribution in [0, 0.1) is 29.6 Å². The first-order chi connectivity index (χ1) is 8.64. The van der Waals surface area contributed by atoms with Gasteiger partial charge in [-0.15, -0.1) is 0 Å². The fourth-order valence-electron chi connectivity index (χ4n) is 5.46. The van der Waals surface area contributed by atoms with E-state index in [1.54, 1.807) is 0 Å². The van der Waals surface area contributed by atoms with E-state index in [1.165, 1.54) is 38.4 Å². The average molecular weight is 247 g/mol. The first-order valence-electron chi connectivity index (χ1n) is 7.20. The normalized spacial score (nSPS) is 45.1. The van der Waals surface area contributed by atoms with Gasteiger partial charge in [-0.05, 0) is 68.6 Å². The molecular formula is C14H21N3O. The molecule has 0 aliphatic heterocycles. The van der Waals surface area contributed by atoms with E-state index in [-0.39, 0.29) is 0 Å². The van der Waals surface area contributed by atoms with Crippen LogP contribution >= 0.6 is 0 Å². The summed E-state index contributed by atoms with van der Waals surface area (Å²) >= 11 is 0. The van der Waals surface area contributed by atoms with Gasteiger partial charge in [-0.2, -0.15) is 4.98 Å². The third-order valence-corrected chi connectivity index (χ3v) is 5.74. The lowest BCUT2D eigenvalue weighted by atomic mass is 9.48. The number of nitrogens with two attached hydrogens (primary N) is 1. The van der Waals surface area contributed by atoms with Crippen LogP contribution in [0.3, 0.4) is 0 Å². The predicted molar refractivity (Wildman–Crippen MR) is 66.4 cm³/mol. The maximum atomic E-state index is 6.61. The van der Waals surface area contributed by atoms with Crippen LogP contribution in [-0.4, -0.2) is 10.1 Å². The van der Waals surface area contributed by atoms with Crippen LogP contribution in [0.25, 0.3) is 0 Å². The molecule has 4 fully saturated rings. The zero-order valence-corrected chi connectivity index (χ0v) is 10.9. The van der Waals surface area contributed by atoms with Crippen molar-refractivity contribution < 1.29 is 4.52 Å². The fourth-order valence-corrected chi connectivity index (χ4v) is 5.46. The monoisotopic (exact) mass is 247 g/mol. The van der Waals surface area contributed by atoms with Crippen molar-refractivity contribution in [1.29, 1.82) is 0 Å². The second-order valence-electron chi connectivity index (χ2n) is 6.99. The Hall–Kier alpha value is -0.900. The van der Waals surface area contributed by atoms with E-state index >= 15 is 0 Å². The Kier molecular flexibility index (Phi) is 2.17. The summed E-state index contributed by atoms with van der Waals surface area (Å²) < 4.78 is 5.27. The summed E-state index contributed by atoms with van der Waals surface area (Å²) in [6, 6.07) is 0. The molecule has 1 unspecified atom stereocenters. The van der Waals surface area contributed by atoms with Gasteiger partial charge in [-0.25, -0.2) is 0 Å². The molecule has 4 heteroatoms. The van der Waals surface area contributed by atoms with Crippen molar-refractivity contribution in [2.45, 2.75) is 44.6 Å². The van der Waals surface area contributed by atoms with Gasteiger partial charge < -0.3 is 10.3 Å². The van der Waals surface area contributed by atoms with Crippen LogP contribution in [0.4, 0.5) is 0 Å². The molecule has 1 aromatic heterocycles. The summed E-state index contributed by atoms with van der Waals surface area (Å²) in [5, 5.41) is 3.73. The highest BCUT2D eigenvalue weighted by molar-refractivity contribution is 5.10. The summed E-state index contributed by atoms with van der Waals surface area (Å²) in [4.78, 5) is 4.22. The second-order valence-corrected chi connectivity index (χ2v) is 6.99. The van der Waals surface area contributed by atoms with Gasteiger partial charge in [-0.1, -0.05) is 5.16 Å². The molecular weight excluding hydrogens is 226 g/mol. The Labute approximate surface area is 107 Å². The molecule has 4 aliphatic carbocycles. The summed E-state index contributed by atoms with van der Waals surface area (Å²) in [5.41, 5.74) is 6.17. The Balaban J connectivity index is 1.69.